The van der Waals surface area contributed by atoms with E-state index in [0.29, 0.717) is 17.2 Å². The fraction of sp³-hybridized carbons (Fsp3) is 0.100. The minimum absolute atomic E-state index is 0.222. The molecule has 2 aromatic carbocycles. The van der Waals surface area contributed by atoms with E-state index in [0.717, 1.165) is 17.0 Å². The van der Waals surface area contributed by atoms with Crippen LogP contribution in [0.15, 0.2) is 53.4 Å². The Labute approximate surface area is 160 Å². The first-order chi connectivity index (χ1) is 13.1. The molecule has 0 spiro atoms. The summed E-state index contributed by atoms with van der Waals surface area (Å²) in [6, 6.07) is 13.7. The van der Waals surface area contributed by atoms with Gasteiger partial charge in [0.05, 0.1) is 5.51 Å². The van der Waals surface area contributed by atoms with E-state index in [1.165, 1.54) is 22.5 Å². The molecule has 0 aliphatic heterocycles. The topological polar surface area (TPSA) is 83.6 Å². The van der Waals surface area contributed by atoms with Gasteiger partial charge in [0.25, 0.3) is 5.91 Å². The van der Waals surface area contributed by atoms with Gasteiger partial charge in [-0.25, -0.2) is 4.98 Å². The first-order valence-corrected chi connectivity index (χ1v) is 9.34. The number of H-pyrrole nitrogens is 1. The highest BCUT2D eigenvalue weighted by Crippen LogP contribution is 2.23. The summed E-state index contributed by atoms with van der Waals surface area (Å²) in [6.45, 7) is 4.12. The van der Waals surface area contributed by atoms with Crippen LogP contribution in [0.2, 0.25) is 0 Å². The first kappa shape index (κ1) is 17.1. The van der Waals surface area contributed by atoms with Crippen molar-refractivity contribution in [1.29, 1.82) is 0 Å². The summed E-state index contributed by atoms with van der Waals surface area (Å²) in [7, 11) is 0. The number of rotatable bonds is 4. The van der Waals surface area contributed by atoms with Crippen molar-refractivity contribution in [3.8, 4) is 22.8 Å². The Hall–Kier alpha value is -3.32. The van der Waals surface area contributed by atoms with E-state index >= 15 is 0 Å². The summed E-state index contributed by atoms with van der Waals surface area (Å²) in [5.74, 6) is 1.19. The molecule has 6 nitrogen and oxygen atoms in total. The van der Waals surface area contributed by atoms with Gasteiger partial charge in [0.15, 0.2) is 11.6 Å². The molecular formula is C20H17N5OS. The number of nitrogens with one attached hydrogen (secondary N) is 2. The Balaban J connectivity index is 1.53. The number of amides is 1. The number of hydrogen-bond acceptors (Lipinski definition) is 5. The van der Waals surface area contributed by atoms with Crippen LogP contribution in [0.1, 0.15) is 21.6 Å². The predicted molar refractivity (Wildman–Crippen MR) is 107 cm³/mol. The number of hydrogen-bond donors (Lipinski definition) is 2. The van der Waals surface area contributed by atoms with Crippen molar-refractivity contribution in [2.24, 2.45) is 0 Å². The molecule has 0 fully saturated rings. The zero-order valence-corrected chi connectivity index (χ0v) is 15.7. The van der Waals surface area contributed by atoms with Crippen LogP contribution in [0.3, 0.4) is 0 Å². The Morgan fingerprint density at radius 1 is 0.963 bits per heavy atom. The zero-order valence-electron chi connectivity index (χ0n) is 14.9. The summed E-state index contributed by atoms with van der Waals surface area (Å²) in [5.41, 5.74) is 7.02. The Kier molecular flexibility index (Phi) is 4.52. The highest BCUT2D eigenvalue weighted by atomic mass is 32.1. The van der Waals surface area contributed by atoms with Crippen LogP contribution in [0.25, 0.3) is 22.8 Å². The van der Waals surface area contributed by atoms with Gasteiger partial charge in [-0.15, -0.1) is 21.5 Å². The van der Waals surface area contributed by atoms with E-state index in [4.69, 9.17) is 0 Å². The molecule has 0 aliphatic rings. The third kappa shape index (κ3) is 3.78. The van der Waals surface area contributed by atoms with Crippen LogP contribution >= 0.6 is 11.3 Å². The minimum Gasteiger partial charge on any atom is -0.321 e. The fourth-order valence-corrected chi connectivity index (χ4v) is 3.40. The van der Waals surface area contributed by atoms with Crippen molar-refractivity contribution >= 4 is 22.9 Å². The number of anilines is 1. The maximum atomic E-state index is 12.0. The average molecular weight is 375 g/mol. The van der Waals surface area contributed by atoms with Crippen molar-refractivity contribution in [2.45, 2.75) is 13.8 Å². The summed E-state index contributed by atoms with van der Waals surface area (Å²) in [4.78, 5) is 19.3. The van der Waals surface area contributed by atoms with Crippen LogP contribution in [0.4, 0.5) is 5.69 Å². The molecule has 1 amide bonds. The van der Waals surface area contributed by atoms with E-state index in [9.17, 15) is 4.79 Å². The molecule has 0 atom stereocenters. The van der Waals surface area contributed by atoms with Crippen LogP contribution < -0.4 is 5.32 Å². The first-order valence-electron chi connectivity index (χ1n) is 8.40. The van der Waals surface area contributed by atoms with Crippen molar-refractivity contribution < 1.29 is 4.79 Å². The largest absolute Gasteiger partial charge is 0.321 e. The second-order valence-electron chi connectivity index (χ2n) is 6.30. The molecule has 0 aliphatic carbocycles. The van der Waals surface area contributed by atoms with Gasteiger partial charge in [0, 0.05) is 22.2 Å². The van der Waals surface area contributed by atoms with E-state index < -0.39 is 0 Å². The molecule has 0 saturated heterocycles. The molecule has 2 heterocycles. The Morgan fingerprint density at radius 2 is 1.63 bits per heavy atom. The predicted octanol–water partition coefficient (Wildman–Crippen LogP) is 4.46. The molecule has 2 aromatic heterocycles. The molecule has 4 rings (SSSR count). The maximum Gasteiger partial charge on any atom is 0.275 e. The molecular weight excluding hydrogens is 358 g/mol. The van der Waals surface area contributed by atoms with Gasteiger partial charge in [-0.1, -0.05) is 17.2 Å². The highest BCUT2D eigenvalue weighted by Gasteiger charge is 2.10. The molecule has 0 unspecified atom stereocenters. The fourth-order valence-electron chi connectivity index (χ4n) is 2.86. The summed E-state index contributed by atoms with van der Waals surface area (Å²) in [6.07, 6.45) is 0. The Morgan fingerprint density at radius 3 is 2.26 bits per heavy atom. The van der Waals surface area contributed by atoms with Crippen LogP contribution in [-0.4, -0.2) is 26.1 Å². The SMILES string of the molecule is Cc1cc(C)cc(-c2nnc(-c3ccc(NC(=O)c4cscn4)cc3)[nH]2)c1. The molecule has 134 valence electrons. The molecule has 2 N–H and O–H groups in total. The van der Waals surface area contributed by atoms with E-state index in [1.807, 2.05) is 24.3 Å². The van der Waals surface area contributed by atoms with E-state index in [1.54, 1.807) is 10.9 Å². The zero-order chi connectivity index (χ0) is 18.8. The number of aromatic nitrogens is 4. The lowest BCUT2D eigenvalue weighted by Crippen LogP contribution is -2.11. The van der Waals surface area contributed by atoms with Gasteiger partial charge in [0.1, 0.15) is 5.69 Å². The number of thiazole rings is 1. The van der Waals surface area contributed by atoms with Gasteiger partial charge in [0.2, 0.25) is 0 Å². The smallest absolute Gasteiger partial charge is 0.275 e. The monoisotopic (exact) mass is 375 g/mol. The lowest BCUT2D eigenvalue weighted by molar-refractivity contribution is 0.102. The number of carbonyl (C=O) groups excluding carboxylic acids is 1. The third-order valence-electron chi connectivity index (χ3n) is 4.06. The van der Waals surface area contributed by atoms with Gasteiger partial charge in [-0.2, -0.15) is 0 Å². The third-order valence-corrected chi connectivity index (χ3v) is 4.65. The highest BCUT2D eigenvalue weighted by molar-refractivity contribution is 7.07. The van der Waals surface area contributed by atoms with Gasteiger partial charge in [-0.3, -0.25) is 4.79 Å². The standard InChI is InChI=1S/C20H17N5OS/c1-12-7-13(2)9-15(8-12)19-23-18(24-25-19)14-3-5-16(6-4-14)22-20(26)17-10-27-11-21-17/h3-11H,1-2H3,(H,22,26)(H,23,24,25). The number of aryl methyl sites for hydroxylation is 2. The maximum absolute atomic E-state index is 12.0. The molecule has 0 radical (unpaired) electrons. The number of benzene rings is 2. The van der Waals surface area contributed by atoms with Crippen molar-refractivity contribution in [3.05, 3.63) is 70.2 Å². The summed E-state index contributed by atoms with van der Waals surface area (Å²) < 4.78 is 0. The molecule has 7 heteroatoms. The van der Waals surface area contributed by atoms with Gasteiger partial charge < -0.3 is 10.3 Å². The number of carbonyl (C=O) groups is 1. The molecule has 0 saturated carbocycles. The van der Waals surface area contributed by atoms with Crippen molar-refractivity contribution in [3.63, 3.8) is 0 Å². The molecule has 27 heavy (non-hydrogen) atoms. The molecule has 0 bridgehead atoms. The van der Waals surface area contributed by atoms with Crippen LogP contribution in [0, 0.1) is 13.8 Å². The minimum atomic E-state index is -0.222. The second kappa shape index (κ2) is 7.13. The Bertz CT molecular complexity index is 1060. The number of aromatic amines is 1. The van der Waals surface area contributed by atoms with Crippen molar-refractivity contribution in [2.75, 3.05) is 5.32 Å². The lowest BCUT2D eigenvalue weighted by atomic mass is 10.1. The normalized spacial score (nSPS) is 10.7. The summed E-state index contributed by atoms with van der Waals surface area (Å²) in [5, 5.41) is 13.1. The number of nitrogens with zero attached hydrogens (tertiary/aromatic N) is 3. The van der Waals surface area contributed by atoms with Gasteiger partial charge >= 0.3 is 0 Å². The van der Waals surface area contributed by atoms with E-state index in [-0.39, 0.29) is 5.91 Å². The van der Waals surface area contributed by atoms with Crippen LogP contribution in [-0.2, 0) is 0 Å². The quantitative estimate of drug-likeness (QED) is 0.551. The second-order valence-corrected chi connectivity index (χ2v) is 7.02. The van der Waals surface area contributed by atoms with Crippen molar-refractivity contribution in [1.82, 2.24) is 20.2 Å². The average Bonchev–Trinajstić information content (AvgIpc) is 3.34. The van der Waals surface area contributed by atoms with E-state index in [2.05, 4.69) is 57.5 Å². The molecule has 4 aromatic rings. The summed E-state index contributed by atoms with van der Waals surface area (Å²) >= 11 is 1.39. The lowest BCUT2D eigenvalue weighted by Gasteiger charge is -2.04. The van der Waals surface area contributed by atoms with Gasteiger partial charge in [-0.05, 0) is 50.2 Å². The van der Waals surface area contributed by atoms with Crippen LogP contribution in [0.5, 0.6) is 0 Å².